The molecule has 4 rings (SSSR count). The fraction of sp³-hybridized carbons (Fsp3) is 0.417. The summed E-state index contributed by atoms with van der Waals surface area (Å²) in [5.74, 6) is -1.55. The van der Waals surface area contributed by atoms with Gasteiger partial charge in [0, 0.05) is 17.4 Å². The van der Waals surface area contributed by atoms with Crippen LogP contribution in [-0.4, -0.2) is 33.9 Å². The van der Waals surface area contributed by atoms with Gasteiger partial charge in [0.1, 0.15) is 11.4 Å². The molecular formula is C24H25NaO6. The summed E-state index contributed by atoms with van der Waals surface area (Å²) in [6.07, 6.45) is 1.48. The number of benzene rings is 2. The number of aromatic carboxylic acids is 2. The number of hydrogen-bond acceptors (Lipinski definition) is 5. The Kier molecular flexibility index (Phi) is 6.33. The van der Waals surface area contributed by atoms with E-state index in [9.17, 15) is 19.8 Å². The molecule has 158 valence electrons. The maximum Gasteiger partial charge on any atom is 1.00 e. The van der Waals surface area contributed by atoms with Crippen LogP contribution in [0.2, 0.25) is 0 Å². The molecule has 1 spiro atoms. The van der Waals surface area contributed by atoms with Crippen molar-refractivity contribution in [2.75, 3.05) is 0 Å². The van der Waals surface area contributed by atoms with Gasteiger partial charge in [-0.1, -0.05) is 32.9 Å². The normalized spacial score (nSPS) is 25.9. The van der Waals surface area contributed by atoms with Crippen LogP contribution in [0.25, 0.3) is 11.1 Å². The van der Waals surface area contributed by atoms with Crippen molar-refractivity contribution in [2.24, 2.45) is 11.3 Å². The van der Waals surface area contributed by atoms with E-state index in [4.69, 9.17) is 9.84 Å². The molecular weight excluding hydrogens is 407 g/mol. The van der Waals surface area contributed by atoms with E-state index in [1.165, 1.54) is 18.2 Å². The number of carboxylic acid groups (broad SMARTS) is 2. The van der Waals surface area contributed by atoms with E-state index in [0.29, 0.717) is 29.7 Å². The van der Waals surface area contributed by atoms with Gasteiger partial charge in [-0.2, -0.15) is 0 Å². The van der Waals surface area contributed by atoms with Crippen LogP contribution < -0.4 is 39.4 Å². The number of fused-ring (bicyclic) bond motifs is 1. The molecule has 2 N–H and O–H groups in total. The molecule has 0 radical (unpaired) electrons. The van der Waals surface area contributed by atoms with Gasteiger partial charge < -0.3 is 24.9 Å². The fourth-order valence-corrected chi connectivity index (χ4v) is 5.12. The van der Waals surface area contributed by atoms with Crippen molar-refractivity contribution in [2.45, 2.75) is 51.7 Å². The monoisotopic (exact) mass is 432 g/mol. The molecule has 6 nitrogen and oxygen atoms in total. The van der Waals surface area contributed by atoms with Gasteiger partial charge in [0.25, 0.3) is 0 Å². The standard InChI is InChI=1S/C24H26O6.Na/c1-13-4-9-19(25)23(2,3)24(13)12-17-10-16(22(28)29)11-18(20(17)30-24)14-5-7-15(8-6-14)21(26)27;/h5-8,10-11,13,19,25H,4,9,12H2,1-3H3,(H,26,27)(H,28,29);/q;+1/p-1/t13-,19+,24+;/m1./s1. The average molecular weight is 432 g/mol. The van der Waals surface area contributed by atoms with Crippen molar-refractivity contribution in [1.82, 2.24) is 0 Å². The van der Waals surface area contributed by atoms with E-state index in [0.717, 1.165) is 12.0 Å². The Labute approximate surface area is 203 Å². The number of ether oxygens (including phenoxy) is 1. The first-order valence-electron chi connectivity index (χ1n) is 10.2. The minimum atomic E-state index is -1.28. The number of aliphatic hydroxyl groups is 1. The van der Waals surface area contributed by atoms with E-state index < -0.39 is 29.1 Å². The zero-order valence-corrected chi connectivity index (χ0v) is 20.3. The second-order valence-corrected chi connectivity index (χ2v) is 9.07. The number of carbonyl (C=O) groups excluding carboxylic acids is 1. The van der Waals surface area contributed by atoms with E-state index >= 15 is 0 Å². The van der Waals surface area contributed by atoms with Gasteiger partial charge in [0.2, 0.25) is 0 Å². The van der Waals surface area contributed by atoms with Gasteiger partial charge in [-0.25, -0.2) is 4.79 Å². The molecule has 1 heterocycles. The summed E-state index contributed by atoms with van der Waals surface area (Å²) >= 11 is 0. The molecule has 2 aromatic carbocycles. The fourth-order valence-electron chi connectivity index (χ4n) is 5.12. The van der Waals surface area contributed by atoms with Gasteiger partial charge in [0.15, 0.2) is 0 Å². The maximum atomic E-state index is 11.7. The second kappa shape index (κ2) is 8.24. The summed E-state index contributed by atoms with van der Waals surface area (Å²) in [6.45, 7) is 6.11. The van der Waals surface area contributed by atoms with Crippen LogP contribution in [0.1, 0.15) is 59.9 Å². The molecule has 7 heteroatoms. The third-order valence-corrected chi connectivity index (χ3v) is 7.17. The summed E-state index contributed by atoms with van der Waals surface area (Å²) in [6, 6.07) is 9.38. The molecule has 1 aliphatic heterocycles. The molecule has 0 aromatic heterocycles. The molecule has 0 amide bonds. The van der Waals surface area contributed by atoms with Crippen LogP contribution in [0.4, 0.5) is 0 Å². The Bertz CT molecular complexity index is 1030. The molecule has 2 aliphatic rings. The molecule has 1 fully saturated rings. The minimum absolute atomic E-state index is 0. The van der Waals surface area contributed by atoms with Crippen molar-refractivity contribution in [1.29, 1.82) is 0 Å². The van der Waals surface area contributed by atoms with Gasteiger partial charge >= 0.3 is 35.5 Å². The van der Waals surface area contributed by atoms with E-state index in [1.807, 2.05) is 13.8 Å². The smallest absolute Gasteiger partial charge is 0.545 e. The Morgan fingerprint density at radius 3 is 2.32 bits per heavy atom. The topological polar surface area (TPSA) is 107 Å². The SMILES string of the molecule is C[C@@H]1CC[C@H](O)C(C)(C)[C@]12Cc1cc(C(=O)[O-])cc(-c3ccc(C(=O)O)cc3)c1O2.[Na+]. The maximum absolute atomic E-state index is 11.7. The largest absolute Gasteiger partial charge is 1.00 e. The van der Waals surface area contributed by atoms with Crippen LogP contribution in [0.3, 0.4) is 0 Å². The minimum Gasteiger partial charge on any atom is -0.545 e. The predicted octanol–water partition coefficient (Wildman–Crippen LogP) is -0.0900. The molecule has 1 aliphatic carbocycles. The van der Waals surface area contributed by atoms with Crippen molar-refractivity contribution in [3.8, 4) is 16.9 Å². The zero-order valence-electron chi connectivity index (χ0n) is 18.3. The van der Waals surface area contributed by atoms with Crippen molar-refractivity contribution < 1.29 is 59.2 Å². The molecule has 0 bridgehead atoms. The first-order valence-corrected chi connectivity index (χ1v) is 10.2. The van der Waals surface area contributed by atoms with Crippen molar-refractivity contribution >= 4 is 11.9 Å². The third-order valence-electron chi connectivity index (χ3n) is 7.17. The number of rotatable bonds is 3. The number of aliphatic hydroxyl groups excluding tert-OH is 1. The quantitative estimate of drug-likeness (QED) is 0.657. The van der Waals surface area contributed by atoms with Gasteiger partial charge in [-0.05, 0) is 59.7 Å². The molecule has 2 aromatic rings. The second-order valence-electron chi connectivity index (χ2n) is 9.07. The first kappa shape index (κ1) is 23.8. The first-order chi connectivity index (χ1) is 14.1. The average Bonchev–Trinajstić information content (AvgIpc) is 3.11. The van der Waals surface area contributed by atoms with Crippen LogP contribution in [-0.2, 0) is 6.42 Å². The number of carboxylic acids is 2. The van der Waals surface area contributed by atoms with Gasteiger partial charge in [-0.3, -0.25) is 0 Å². The number of carbonyl (C=O) groups is 2. The molecule has 31 heavy (non-hydrogen) atoms. The van der Waals surface area contributed by atoms with Gasteiger partial charge in [-0.15, -0.1) is 0 Å². The molecule has 3 atom stereocenters. The van der Waals surface area contributed by atoms with Crippen molar-refractivity contribution in [3.05, 3.63) is 53.1 Å². The van der Waals surface area contributed by atoms with Gasteiger partial charge in [0.05, 0.1) is 17.6 Å². The zero-order chi connectivity index (χ0) is 21.8. The Hall–Kier alpha value is -1.86. The molecule has 1 saturated carbocycles. The number of hydrogen-bond donors (Lipinski definition) is 2. The third kappa shape index (κ3) is 3.69. The Balaban J connectivity index is 0.00000272. The Morgan fingerprint density at radius 2 is 1.74 bits per heavy atom. The Morgan fingerprint density at radius 1 is 1.10 bits per heavy atom. The predicted molar refractivity (Wildman–Crippen MR) is 108 cm³/mol. The summed E-state index contributed by atoms with van der Waals surface area (Å²) < 4.78 is 6.64. The van der Waals surface area contributed by atoms with Crippen LogP contribution in [0.5, 0.6) is 5.75 Å². The van der Waals surface area contributed by atoms with E-state index in [-0.39, 0.29) is 46.6 Å². The summed E-state index contributed by atoms with van der Waals surface area (Å²) in [5, 5.41) is 31.6. The van der Waals surface area contributed by atoms with Crippen molar-refractivity contribution in [3.63, 3.8) is 0 Å². The molecule has 0 unspecified atom stereocenters. The van der Waals surface area contributed by atoms with E-state index in [1.54, 1.807) is 18.2 Å². The van der Waals surface area contributed by atoms with Crippen LogP contribution >= 0.6 is 0 Å². The summed E-state index contributed by atoms with van der Waals surface area (Å²) in [7, 11) is 0. The summed E-state index contributed by atoms with van der Waals surface area (Å²) in [5.41, 5.74) is 1.02. The van der Waals surface area contributed by atoms with E-state index in [2.05, 4.69) is 6.92 Å². The van der Waals surface area contributed by atoms with Crippen LogP contribution in [0.15, 0.2) is 36.4 Å². The summed E-state index contributed by atoms with van der Waals surface area (Å²) in [4.78, 5) is 22.9. The van der Waals surface area contributed by atoms with Crippen LogP contribution in [0, 0.1) is 11.3 Å². The molecule has 0 saturated heterocycles.